The van der Waals surface area contributed by atoms with Crippen molar-refractivity contribution in [2.75, 3.05) is 5.32 Å². The molecule has 0 radical (unpaired) electrons. The molecule has 0 unspecified atom stereocenters. The molecule has 1 N–H and O–H groups in total. The van der Waals surface area contributed by atoms with Gasteiger partial charge in [-0.05, 0) is 42.2 Å². The van der Waals surface area contributed by atoms with E-state index in [0.717, 1.165) is 18.4 Å². The Labute approximate surface area is 100 Å². The molecule has 0 saturated heterocycles. The van der Waals surface area contributed by atoms with Crippen molar-refractivity contribution in [3.63, 3.8) is 0 Å². The van der Waals surface area contributed by atoms with Crippen LogP contribution in [0.5, 0.6) is 0 Å². The van der Waals surface area contributed by atoms with Crippen molar-refractivity contribution in [2.24, 2.45) is 0 Å². The second kappa shape index (κ2) is 4.21. The van der Waals surface area contributed by atoms with Gasteiger partial charge in [-0.2, -0.15) is 0 Å². The van der Waals surface area contributed by atoms with Crippen LogP contribution < -0.4 is 5.32 Å². The number of aryl methyl sites for hydroxylation is 1. The minimum absolute atomic E-state index is 0.176. The standard InChI is InChI=1S/C15H14FN/c16-13-8-5-12(6-9-13)15-10-7-11-3-1-2-4-14(11)17-15/h1-6,8-9,15,17H,7,10H2/t15-/m0/s1. The monoisotopic (exact) mass is 227 g/mol. The van der Waals surface area contributed by atoms with E-state index in [4.69, 9.17) is 0 Å². The average Bonchev–Trinajstić information content (AvgIpc) is 2.39. The second-order valence-electron chi connectivity index (χ2n) is 4.44. The summed E-state index contributed by atoms with van der Waals surface area (Å²) in [6.07, 6.45) is 2.13. The smallest absolute Gasteiger partial charge is 0.123 e. The Morgan fingerprint density at radius 1 is 1.00 bits per heavy atom. The van der Waals surface area contributed by atoms with Crippen molar-refractivity contribution in [1.29, 1.82) is 0 Å². The Morgan fingerprint density at radius 3 is 2.59 bits per heavy atom. The first kappa shape index (κ1) is 10.3. The molecule has 86 valence electrons. The van der Waals surface area contributed by atoms with Gasteiger partial charge < -0.3 is 5.32 Å². The highest BCUT2D eigenvalue weighted by molar-refractivity contribution is 5.54. The first-order valence-corrected chi connectivity index (χ1v) is 5.93. The molecule has 2 heteroatoms. The Balaban J connectivity index is 1.86. The first-order chi connectivity index (χ1) is 8.33. The molecule has 2 aromatic rings. The van der Waals surface area contributed by atoms with E-state index in [1.54, 1.807) is 0 Å². The molecule has 0 saturated carbocycles. The van der Waals surface area contributed by atoms with Crippen LogP contribution in [0.2, 0.25) is 0 Å². The zero-order valence-corrected chi connectivity index (χ0v) is 9.49. The van der Waals surface area contributed by atoms with Gasteiger partial charge in [-0.3, -0.25) is 0 Å². The molecule has 1 nitrogen and oxygen atoms in total. The Hall–Kier alpha value is -1.83. The summed E-state index contributed by atoms with van der Waals surface area (Å²) in [6.45, 7) is 0. The Kier molecular flexibility index (Phi) is 2.56. The quantitative estimate of drug-likeness (QED) is 0.778. The molecule has 0 bridgehead atoms. The Bertz CT molecular complexity index is 519. The fourth-order valence-corrected chi connectivity index (χ4v) is 2.38. The molecule has 1 atom stereocenters. The summed E-state index contributed by atoms with van der Waals surface area (Å²) in [5.74, 6) is -0.176. The van der Waals surface area contributed by atoms with Gasteiger partial charge in [-0.25, -0.2) is 4.39 Å². The molecule has 0 aromatic heterocycles. The molecule has 3 rings (SSSR count). The fourth-order valence-electron chi connectivity index (χ4n) is 2.38. The predicted molar refractivity (Wildman–Crippen MR) is 67.5 cm³/mol. The third-order valence-corrected chi connectivity index (χ3v) is 3.32. The molecule has 0 aliphatic carbocycles. The second-order valence-corrected chi connectivity index (χ2v) is 4.44. The van der Waals surface area contributed by atoms with Crippen molar-refractivity contribution in [3.05, 3.63) is 65.5 Å². The summed E-state index contributed by atoms with van der Waals surface area (Å²) in [6, 6.07) is 15.4. The number of para-hydroxylation sites is 1. The lowest BCUT2D eigenvalue weighted by Gasteiger charge is -2.27. The highest BCUT2D eigenvalue weighted by Gasteiger charge is 2.18. The number of anilines is 1. The average molecular weight is 227 g/mol. The van der Waals surface area contributed by atoms with Crippen LogP contribution >= 0.6 is 0 Å². The van der Waals surface area contributed by atoms with E-state index in [-0.39, 0.29) is 5.82 Å². The van der Waals surface area contributed by atoms with Crippen LogP contribution in [0.4, 0.5) is 10.1 Å². The Morgan fingerprint density at radius 2 is 1.76 bits per heavy atom. The maximum absolute atomic E-state index is 12.9. The maximum Gasteiger partial charge on any atom is 0.123 e. The third-order valence-electron chi connectivity index (χ3n) is 3.32. The van der Waals surface area contributed by atoms with Gasteiger partial charge in [0.25, 0.3) is 0 Å². The topological polar surface area (TPSA) is 12.0 Å². The number of hydrogen-bond acceptors (Lipinski definition) is 1. The van der Waals surface area contributed by atoms with Crippen molar-refractivity contribution < 1.29 is 4.39 Å². The van der Waals surface area contributed by atoms with Crippen LogP contribution in [0.1, 0.15) is 23.6 Å². The maximum atomic E-state index is 12.9. The van der Waals surface area contributed by atoms with Crippen LogP contribution in [0.3, 0.4) is 0 Å². The SMILES string of the molecule is Fc1ccc([C@@H]2CCc3ccccc3N2)cc1. The van der Waals surface area contributed by atoms with Gasteiger partial charge >= 0.3 is 0 Å². The van der Waals surface area contributed by atoms with E-state index in [1.807, 2.05) is 18.2 Å². The van der Waals surface area contributed by atoms with E-state index in [0.29, 0.717) is 6.04 Å². The molecular formula is C15H14FN. The highest BCUT2D eigenvalue weighted by atomic mass is 19.1. The summed E-state index contributed by atoms with van der Waals surface area (Å²) in [5, 5.41) is 3.51. The van der Waals surface area contributed by atoms with Crippen molar-refractivity contribution in [3.8, 4) is 0 Å². The minimum Gasteiger partial charge on any atom is -0.378 e. The lowest BCUT2D eigenvalue weighted by atomic mass is 9.93. The minimum atomic E-state index is -0.176. The van der Waals surface area contributed by atoms with Crippen LogP contribution in [-0.2, 0) is 6.42 Å². The molecule has 0 amide bonds. The lowest BCUT2D eigenvalue weighted by Crippen LogP contribution is -2.17. The molecule has 1 aliphatic rings. The fraction of sp³-hybridized carbons (Fsp3) is 0.200. The van der Waals surface area contributed by atoms with Gasteiger partial charge in [0.2, 0.25) is 0 Å². The highest BCUT2D eigenvalue weighted by Crippen LogP contribution is 2.32. The van der Waals surface area contributed by atoms with Gasteiger partial charge in [0.1, 0.15) is 5.82 Å². The molecule has 0 fully saturated rings. The van der Waals surface area contributed by atoms with E-state index in [9.17, 15) is 4.39 Å². The normalized spacial score (nSPS) is 18.3. The van der Waals surface area contributed by atoms with Crippen LogP contribution in [0.15, 0.2) is 48.5 Å². The summed E-state index contributed by atoms with van der Waals surface area (Å²) < 4.78 is 12.9. The van der Waals surface area contributed by atoms with Crippen molar-refractivity contribution >= 4 is 5.69 Å². The van der Waals surface area contributed by atoms with Crippen molar-refractivity contribution in [2.45, 2.75) is 18.9 Å². The van der Waals surface area contributed by atoms with Gasteiger partial charge in [0.05, 0.1) is 6.04 Å². The zero-order chi connectivity index (χ0) is 11.7. The van der Waals surface area contributed by atoms with E-state index in [1.165, 1.54) is 23.4 Å². The zero-order valence-electron chi connectivity index (χ0n) is 9.49. The molecule has 0 spiro atoms. The van der Waals surface area contributed by atoms with E-state index < -0.39 is 0 Å². The third kappa shape index (κ3) is 2.03. The lowest BCUT2D eigenvalue weighted by molar-refractivity contribution is 0.622. The van der Waals surface area contributed by atoms with Gasteiger partial charge in [0, 0.05) is 5.69 Å². The van der Waals surface area contributed by atoms with Gasteiger partial charge in [-0.1, -0.05) is 30.3 Å². The number of halogens is 1. The van der Waals surface area contributed by atoms with Crippen LogP contribution in [-0.4, -0.2) is 0 Å². The number of nitrogens with one attached hydrogen (secondary N) is 1. The summed E-state index contributed by atoms with van der Waals surface area (Å²) >= 11 is 0. The molecular weight excluding hydrogens is 213 g/mol. The number of hydrogen-bond donors (Lipinski definition) is 1. The van der Waals surface area contributed by atoms with Crippen molar-refractivity contribution in [1.82, 2.24) is 0 Å². The number of benzene rings is 2. The van der Waals surface area contributed by atoms with Crippen LogP contribution in [0, 0.1) is 5.82 Å². The predicted octanol–water partition coefficient (Wildman–Crippen LogP) is 3.93. The largest absolute Gasteiger partial charge is 0.378 e. The summed E-state index contributed by atoms with van der Waals surface area (Å²) in [5.41, 5.74) is 3.72. The van der Waals surface area contributed by atoms with E-state index >= 15 is 0 Å². The molecule has 2 aromatic carbocycles. The van der Waals surface area contributed by atoms with Gasteiger partial charge in [0.15, 0.2) is 0 Å². The van der Waals surface area contributed by atoms with Gasteiger partial charge in [-0.15, -0.1) is 0 Å². The van der Waals surface area contributed by atoms with E-state index in [2.05, 4.69) is 23.5 Å². The molecule has 17 heavy (non-hydrogen) atoms. The summed E-state index contributed by atoms with van der Waals surface area (Å²) in [7, 11) is 0. The first-order valence-electron chi connectivity index (χ1n) is 5.93. The number of fused-ring (bicyclic) bond motifs is 1. The molecule has 1 heterocycles. The number of rotatable bonds is 1. The van der Waals surface area contributed by atoms with Crippen LogP contribution in [0.25, 0.3) is 0 Å². The molecule has 1 aliphatic heterocycles. The summed E-state index contributed by atoms with van der Waals surface area (Å²) in [4.78, 5) is 0.